The van der Waals surface area contributed by atoms with Crippen LogP contribution in [0, 0.1) is 4.64 Å². The summed E-state index contributed by atoms with van der Waals surface area (Å²) in [5.74, 6) is 4.17. The average molecular weight is 1180 g/mol. The van der Waals surface area contributed by atoms with E-state index in [2.05, 4.69) is 54.4 Å². The van der Waals surface area contributed by atoms with Crippen LogP contribution in [0.15, 0.2) is 164 Å². The molecule has 3 aliphatic rings. The van der Waals surface area contributed by atoms with E-state index < -0.39 is 0 Å². The lowest BCUT2D eigenvalue weighted by Crippen LogP contribution is -2.48. The summed E-state index contributed by atoms with van der Waals surface area (Å²) >= 11 is 18.0. The maximum atomic E-state index is 13.4. The summed E-state index contributed by atoms with van der Waals surface area (Å²) in [5, 5.41) is 36.0. The van der Waals surface area contributed by atoms with Crippen LogP contribution in [0.4, 0.5) is 0 Å². The minimum atomic E-state index is -0.0425. The number of aromatic nitrogens is 11. The van der Waals surface area contributed by atoms with Gasteiger partial charge in [0.2, 0.25) is 0 Å². The molecule has 18 nitrogen and oxygen atoms in total. The Kier molecular flexibility index (Phi) is 22.1. The third-order valence-corrected chi connectivity index (χ3v) is 19.2. The zero-order valence-electron chi connectivity index (χ0n) is 43.7. The maximum Gasteiger partial charge on any atom is 0.256 e. The molecule has 6 atom stereocenters. The van der Waals surface area contributed by atoms with Gasteiger partial charge in [0.25, 0.3) is 17.7 Å². The van der Waals surface area contributed by atoms with Crippen molar-refractivity contribution in [2.45, 2.75) is 59.7 Å². The molecule has 0 saturated carbocycles. The monoisotopic (exact) mass is 1180 g/mol. The molecule has 0 unspecified atom stereocenters. The molecule has 3 saturated heterocycles. The van der Waals surface area contributed by atoms with Gasteiger partial charge in [0.05, 0.1) is 82.6 Å². The fraction of sp³-hybridized carbons (Fsp3) is 0.327. The van der Waals surface area contributed by atoms with Crippen molar-refractivity contribution in [3.8, 4) is 17.1 Å². The molecule has 5 aromatic heterocycles. The van der Waals surface area contributed by atoms with Gasteiger partial charge < -0.3 is 24.8 Å². The molecule has 3 aliphatic heterocycles. The van der Waals surface area contributed by atoms with Crippen LogP contribution in [0.25, 0.3) is 17.1 Å². The Hall–Kier alpha value is -6.34. The molecule has 0 bridgehead atoms. The number of H-pyrrole nitrogens is 1. The van der Waals surface area contributed by atoms with Crippen LogP contribution in [0.2, 0.25) is 0 Å². The Morgan fingerprint density at radius 3 is 1.33 bits per heavy atom. The van der Waals surface area contributed by atoms with Crippen LogP contribution in [0.5, 0.6) is 0 Å². The molecule has 412 valence electrons. The van der Waals surface area contributed by atoms with Gasteiger partial charge in [0, 0.05) is 94.8 Å². The summed E-state index contributed by atoms with van der Waals surface area (Å²) in [4.78, 5) is 56.7. The number of benzene rings is 3. The van der Waals surface area contributed by atoms with Crippen molar-refractivity contribution in [3.05, 3.63) is 180 Å². The zero-order chi connectivity index (χ0) is 55.5. The van der Waals surface area contributed by atoms with E-state index in [0.29, 0.717) is 58.0 Å². The number of aromatic amines is 1. The Morgan fingerprint density at radius 1 is 0.557 bits per heavy atom. The van der Waals surface area contributed by atoms with Crippen molar-refractivity contribution in [2.24, 2.45) is 0 Å². The van der Waals surface area contributed by atoms with Gasteiger partial charge in [0.1, 0.15) is 4.64 Å². The number of pyridine rings is 2. The van der Waals surface area contributed by atoms with Gasteiger partial charge in [-0.05, 0) is 81.4 Å². The topological polar surface area (TPSA) is 202 Å². The highest BCUT2D eigenvalue weighted by Crippen LogP contribution is 2.31. The molecular weight excluding hydrogens is 1120 g/mol. The summed E-state index contributed by atoms with van der Waals surface area (Å²) < 4.78 is 0.780. The number of rotatable bonds is 11. The Balaban J connectivity index is 0.000000148. The van der Waals surface area contributed by atoms with Crippen LogP contribution in [-0.4, -0.2) is 181 Å². The van der Waals surface area contributed by atoms with Crippen LogP contribution < -0.4 is 0 Å². The summed E-state index contributed by atoms with van der Waals surface area (Å²) in [6.07, 6.45) is 13.2. The third-order valence-electron chi connectivity index (χ3n) is 12.7. The van der Waals surface area contributed by atoms with E-state index in [9.17, 15) is 19.5 Å². The van der Waals surface area contributed by atoms with E-state index in [0.717, 1.165) is 39.2 Å². The molecule has 8 aromatic rings. The number of aliphatic hydroxyl groups is 1. The highest BCUT2D eigenvalue weighted by atomic mass is 35.5. The predicted molar refractivity (Wildman–Crippen MR) is 319 cm³/mol. The van der Waals surface area contributed by atoms with E-state index >= 15 is 0 Å². The Bertz CT molecular complexity index is 3090. The molecule has 2 N–H and O–H groups in total. The highest BCUT2D eigenvalue weighted by molar-refractivity contribution is 8.03. The van der Waals surface area contributed by atoms with Crippen molar-refractivity contribution in [1.82, 2.24) is 69.6 Å². The molecule has 24 heteroatoms. The zero-order valence-corrected chi connectivity index (χ0v) is 48.6. The molecule has 3 aromatic carbocycles. The fourth-order valence-corrected chi connectivity index (χ4v) is 13.6. The van der Waals surface area contributed by atoms with Gasteiger partial charge in [-0.15, -0.1) is 23.4 Å². The lowest BCUT2D eigenvalue weighted by molar-refractivity contribution is 0.0685. The first-order chi connectivity index (χ1) is 38.5. The molecule has 3 fully saturated rings. The number of thioether (sulfide) groups is 4. The minimum Gasteiger partial charge on any atom is -0.395 e. The van der Waals surface area contributed by atoms with E-state index in [-0.39, 0.29) is 53.0 Å². The molecule has 8 heterocycles. The SMILES string of the molecule is C[C@@H]1CS[C@@H](CCl)CN1C(=O)c1ccccc1-n1nccn1.C[C@@H]1CS[C@@H](CO)CN1C(=O)c1ccccc1-n1nccn1.C[C@@H]1CS[C@@H](CSc2ccccn2)CN1C(=O)c1ccccc1-n1nccn1.S=c1cccc[nH]1. The van der Waals surface area contributed by atoms with E-state index in [1.165, 1.54) is 14.4 Å². The number of amides is 3. The van der Waals surface area contributed by atoms with E-state index in [1.807, 2.05) is 161 Å². The number of carbonyl (C=O) groups excluding carboxylic acids is 3. The number of nitrogens with zero attached hydrogens (tertiary/aromatic N) is 13. The summed E-state index contributed by atoms with van der Waals surface area (Å²) in [7, 11) is 0. The van der Waals surface area contributed by atoms with Crippen LogP contribution in [-0.2, 0) is 0 Å². The lowest BCUT2D eigenvalue weighted by Gasteiger charge is -2.37. The molecule has 3 amide bonds. The smallest absolute Gasteiger partial charge is 0.256 e. The van der Waals surface area contributed by atoms with Crippen molar-refractivity contribution in [1.29, 1.82) is 0 Å². The molecular formula is C55H61ClN14O4S5. The van der Waals surface area contributed by atoms with Crippen molar-refractivity contribution in [3.63, 3.8) is 0 Å². The van der Waals surface area contributed by atoms with Crippen LogP contribution >= 0.6 is 70.9 Å². The molecule has 0 radical (unpaired) electrons. The van der Waals surface area contributed by atoms with E-state index in [1.54, 1.807) is 66.8 Å². The summed E-state index contributed by atoms with van der Waals surface area (Å²) in [6, 6.07) is 34.4. The first-order valence-electron chi connectivity index (χ1n) is 25.5. The first kappa shape index (κ1) is 58.8. The fourth-order valence-electron chi connectivity index (χ4n) is 8.56. The normalized spacial score (nSPS) is 19.8. The molecule has 0 spiro atoms. The molecule has 0 aliphatic carbocycles. The number of hydrogen-bond acceptors (Lipinski definition) is 16. The lowest BCUT2D eigenvalue weighted by atomic mass is 10.1. The van der Waals surface area contributed by atoms with Gasteiger partial charge in [-0.25, -0.2) is 4.98 Å². The first-order valence-corrected chi connectivity index (χ1v) is 30.6. The van der Waals surface area contributed by atoms with Crippen LogP contribution in [0.1, 0.15) is 51.8 Å². The van der Waals surface area contributed by atoms with Crippen molar-refractivity contribution >= 4 is 88.6 Å². The number of alkyl halides is 1. The second kappa shape index (κ2) is 29.8. The number of carbonyl (C=O) groups is 3. The largest absolute Gasteiger partial charge is 0.395 e. The van der Waals surface area contributed by atoms with Gasteiger partial charge >= 0.3 is 0 Å². The number of nitrogens with one attached hydrogen (secondary N) is 1. The standard InChI is InChI=1S/C20H21N5OS2.C15H17ClN4OS.C15H18N4O2S.C5H5NS/c1-15-13-27-16(14-28-19-8-4-5-9-21-19)12-24(15)20(26)17-6-2-3-7-18(17)25-22-10-11-23-25;1-11-10-22-12(8-16)9-19(11)15(21)13-4-2-3-5-14(13)20-17-6-7-18-20;1-11-10-22-12(9-20)8-18(11)15(21)13-4-2-3-5-14(13)19-16-6-7-17-19;7-5-3-1-2-4-6-5/h2-11,15-16H,12-14H2,1H3;2-7,11-12H,8-10H2,1H3;2-7,11-12,20H,8-10H2,1H3;1-4H,(H,6,7)/t15-,16-;11-,12+;11-,12-;/m111./s1. The second-order valence-electron chi connectivity index (χ2n) is 18.3. The molecule has 79 heavy (non-hydrogen) atoms. The van der Waals surface area contributed by atoms with Gasteiger partial charge in [-0.3, -0.25) is 14.4 Å². The Labute approximate surface area is 486 Å². The Morgan fingerprint density at radius 2 is 0.949 bits per heavy atom. The van der Waals surface area contributed by atoms with Gasteiger partial charge in [-0.1, -0.05) is 60.7 Å². The maximum absolute atomic E-state index is 13.4. The average Bonchev–Trinajstić information content (AvgIpc) is 4.41. The quantitative estimate of drug-likeness (QED) is 0.0706. The molecule has 11 rings (SSSR count). The van der Waals surface area contributed by atoms with Crippen LogP contribution in [0.3, 0.4) is 0 Å². The second-order valence-corrected chi connectivity index (χ2v) is 24.1. The predicted octanol–water partition coefficient (Wildman–Crippen LogP) is 8.80. The van der Waals surface area contributed by atoms with Crippen molar-refractivity contribution < 1.29 is 19.5 Å². The summed E-state index contributed by atoms with van der Waals surface area (Å²) in [5.41, 5.74) is 3.91. The number of para-hydroxylation sites is 3. The third kappa shape index (κ3) is 15.9. The number of aliphatic hydroxyl groups excluding tert-OH is 1. The van der Waals surface area contributed by atoms with Gasteiger partial charge in [0.15, 0.2) is 0 Å². The number of hydrogen-bond donors (Lipinski definition) is 2. The summed E-state index contributed by atoms with van der Waals surface area (Å²) in [6.45, 7) is 8.27. The van der Waals surface area contributed by atoms with Gasteiger partial charge in [-0.2, -0.15) is 80.3 Å². The number of halogens is 1. The van der Waals surface area contributed by atoms with Crippen molar-refractivity contribution in [2.75, 3.05) is 55.1 Å². The highest BCUT2D eigenvalue weighted by Gasteiger charge is 2.34. The minimum absolute atomic E-state index is 0.0100. The van der Waals surface area contributed by atoms with E-state index in [4.69, 9.17) is 23.8 Å².